The standard InChI is InChI=1S/C14H19ClN2O3/c1-16(9-5-8-13(18)19)14(20)17(2)10-11-6-3-4-7-12(11)15/h3-4,6-7H,5,8-10H2,1-2H3,(H,18,19). The van der Waals surface area contributed by atoms with Crippen LogP contribution in [0.2, 0.25) is 5.02 Å². The maximum absolute atomic E-state index is 12.1. The van der Waals surface area contributed by atoms with Crippen LogP contribution in [-0.4, -0.2) is 47.5 Å². The first-order chi connectivity index (χ1) is 9.41. The predicted octanol–water partition coefficient (Wildman–Crippen LogP) is 2.69. The lowest BCUT2D eigenvalue weighted by Gasteiger charge is -2.25. The van der Waals surface area contributed by atoms with Gasteiger partial charge in [-0.15, -0.1) is 0 Å². The third-order valence-corrected chi connectivity index (χ3v) is 3.27. The molecular weight excluding hydrogens is 280 g/mol. The molecule has 0 bridgehead atoms. The van der Waals surface area contributed by atoms with E-state index < -0.39 is 5.97 Å². The Bertz CT molecular complexity index is 479. The molecule has 0 aliphatic rings. The van der Waals surface area contributed by atoms with Gasteiger partial charge in [-0.25, -0.2) is 4.79 Å². The average Bonchev–Trinajstić information content (AvgIpc) is 2.39. The van der Waals surface area contributed by atoms with E-state index in [4.69, 9.17) is 16.7 Å². The minimum atomic E-state index is -0.852. The van der Waals surface area contributed by atoms with Gasteiger partial charge in [0.1, 0.15) is 0 Å². The van der Waals surface area contributed by atoms with Gasteiger partial charge in [-0.05, 0) is 18.1 Å². The monoisotopic (exact) mass is 298 g/mol. The largest absolute Gasteiger partial charge is 0.481 e. The second-order valence-electron chi connectivity index (χ2n) is 4.65. The quantitative estimate of drug-likeness (QED) is 0.878. The molecule has 1 N–H and O–H groups in total. The van der Waals surface area contributed by atoms with Crippen LogP contribution in [0, 0.1) is 0 Å². The van der Waals surface area contributed by atoms with Crippen molar-refractivity contribution in [3.63, 3.8) is 0 Å². The Morgan fingerprint density at radius 3 is 2.45 bits per heavy atom. The highest BCUT2D eigenvalue weighted by Gasteiger charge is 2.15. The number of carbonyl (C=O) groups excluding carboxylic acids is 1. The molecule has 1 aromatic carbocycles. The molecule has 0 saturated heterocycles. The van der Waals surface area contributed by atoms with Crippen molar-refractivity contribution in [3.8, 4) is 0 Å². The lowest BCUT2D eigenvalue weighted by molar-refractivity contribution is -0.137. The number of halogens is 1. The molecule has 0 aliphatic carbocycles. The summed E-state index contributed by atoms with van der Waals surface area (Å²) in [5.41, 5.74) is 0.879. The Balaban J connectivity index is 2.50. The Morgan fingerprint density at radius 1 is 1.20 bits per heavy atom. The molecule has 0 saturated carbocycles. The second kappa shape index (κ2) is 7.75. The van der Waals surface area contributed by atoms with E-state index in [-0.39, 0.29) is 12.5 Å². The summed E-state index contributed by atoms with van der Waals surface area (Å²) in [4.78, 5) is 25.6. The van der Waals surface area contributed by atoms with Crippen molar-refractivity contribution in [2.75, 3.05) is 20.6 Å². The zero-order valence-corrected chi connectivity index (χ0v) is 12.4. The van der Waals surface area contributed by atoms with Crippen molar-refractivity contribution in [1.29, 1.82) is 0 Å². The van der Waals surface area contributed by atoms with E-state index >= 15 is 0 Å². The molecule has 6 heteroatoms. The van der Waals surface area contributed by atoms with E-state index in [9.17, 15) is 9.59 Å². The number of hydrogen-bond acceptors (Lipinski definition) is 2. The van der Waals surface area contributed by atoms with Gasteiger partial charge in [0, 0.05) is 38.6 Å². The molecule has 1 aromatic rings. The topological polar surface area (TPSA) is 60.9 Å². The summed E-state index contributed by atoms with van der Waals surface area (Å²) in [6.45, 7) is 0.833. The molecule has 0 heterocycles. The number of nitrogens with zero attached hydrogens (tertiary/aromatic N) is 2. The van der Waals surface area contributed by atoms with Crippen LogP contribution in [0.4, 0.5) is 4.79 Å². The zero-order valence-electron chi connectivity index (χ0n) is 11.7. The molecule has 0 atom stereocenters. The first kappa shape index (κ1) is 16.3. The van der Waals surface area contributed by atoms with Gasteiger partial charge in [0.15, 0.2) is 0 Å². The van der Waals surface area contributed by atoms with E-state index in [0.717, 1.165) is 5.56 Å². The van der Waals surface area contributed by atoms with Gasteiger partial charge in [0.05, 0.1) is 0 Å². The van der Waals surface area contributed by atoms with Crippen molar-refractivity contribution in [2.24, 2.45) is 0 Å². The van der Waals surface area contributed by atoms with E-state index in [1.54, 1.807) is 25.1 Å². The number of benzene rings is 1. The van der Waals surface area contributed by atoms with Crippen LogP contribution in [-0.2, 0) is 11.3 Å². The molecule has 5 nitrogen and oxygen atoms in total. The summed E-state index contributed by atoms with van der Waals surface area (Å²) in [5, 5.41) is 9.20. The Hall–Kier alpha value is -1.75. The number of carboxylic acids is 1. The molecule has 0 spiro atoms. The highest BCUT2D eigenvalue weighted by molar-refractivity contribution is 6.31. The van der Waals surface area contributed by atoms with Gasteiger partial charge in [0.25, 0.3) is 0 Å². The Labute approximate surface area is 123 Å². The number of carboxylic acid groups (broad SMARTS) is 1. The first-order valence-corrected chi connectivity index (χ1v) is 6.71. The summed E-state index contributed by atoms with van der Waals surface area (Å²) in [7, 11) is 3.35. The number of hydrogen-bond donors (Lipinski definition) is 1. The fraction of sp³-hybridized carbons (Fsp3) is 0.429. The van der Waals surface area contributed by atoms with Crippen molar-refractivity contribution < 1.29 is 14.7 Å². The van der Waals surface area contributed by atoms with Crippen LogP contribution >= 0.6 is 11.6 Å². The Morgan fingerprint density at radius 2 is 1.85 bits per heavy atom. The van der Waals surface area contributed by atoms with Crippen LogP contribution in [0.1, 0.15) is 18.4 Å². The third kappa shape index (κ3) is 5.09. The molecule has 0 unspecified atom stereocenters. The summed E-state index contributed by atoms with van der Waals surface area (Å²) in [5.74, 6) is -0.852. The number of amides is 2. The van der Waals surface area contributed by atoms with Crippen LogP contribution in [0.5, 0.6) is 0 Å². The molecule has 110 valence electrons. The van der Waals surface area contributed by atoms with E-state index in [0.29, 0.717) is 24.5 Å². The minimum absolute atomic E-state index is 0.0614. The normalized spacial score (nSPS) is 10.2. The smallest absolute Gasteiger partial charge is 0.319 e. The van der Waals surface area contributed by atoms with Gasteiger partial charge in [-0.1, -0.05) is 29.8 Å². The van der Waals surface area contributed by atoms with Gasteiger partial charge in [-0.3, -0.25) is 4.79 Å². The predicted molar refractivity (Wildman–Crippen MR) is 77.8 cm³/mol. The van der Waals surface area contributed by atoms with Gasteiger partial charge >= 0.3 is 12.0 Å². The second-order valence-corrected chi connectivity index (χ2v) is 5.06. The van der Waals surface area contributed by atoms with Gasteiger partial charge in [0.2, 0.25) is 0 Å². The summed E-state index contributed by atoms with van der Waals surface area (Å²) >= 11 is 6.05. The lowest BCUT2D eigenvalue weighted by Crippen LogP contribution is -2.39. The van der Waals surface area contributed by atoms with E-state index in [2.05, 4.69) is 0 Å². The minimum Gasteiger partial charge on any atom is -0.481 e. The molecule has 20 heavy (non-hydrogen) atoms. The summed E-state index contributed by atoms with van der Waals surface area (Å²) in [6, 6.07) is 7.21. The zero-order chi connectivity index (χ0) is 15.1. The van der Waals surface area contributed by atoms with Crippen LogP contribution in [0.15, 0.2) is 24.3 Å². The van der Waals surface area contributed by atoms with Gasteiger partial charge in [-0.2, -0.15) is 0 Å². The van der Waals surface area contributed by atoms with Crippen molar-refractivity contribution in [1.82, 2.24) is 9.80 Å². The molecule has 0 radical (unpaired) electrons. The fourth-order valence-corrected chi connectivity index (χ4v) is 2.00. The van der Waals surface area contributed by atoms with Crippen LogP contribution in [0.3, 0.4) is 0 Å². The lowest BCUT2D eigenvalue weighted by atomic mass is 10.2. The van der Waals surface area contributed by atoms with Crippen molar-refractivity contribution in [3.05, 3.63) is 34.9 Å². The molecule has 2 amide bonds. The van der Waals surface area contributed by atoms with Crippen LogP contribution < -0.4 is 0 Å². The number of rotatable bonds is 6. The maximum Gasteiger partial charge on any atom is 0.319 e. The number of carbonyl (C=O) groups is 2. The van der Waals surface area contributed by atoms with E-state index in [1.165, 1.54) is 4.90 Å². The fourth-order valence-electron chi connectivity index (χ4n) is 1.80. The summed E-state index contributed by atoms with van der Waals surface area (Å²) < 4.78 is 0. The van der Waals surface area contributed by atoms with Gasteiger partial charge < -0.3 is 14.9 Å². The molecule has 1 rings (SSSR count). The molecular formula is C14H19ClN2O3. The van der Waals surface area contributed by atoms with E-state index in [1.807, 2.05) is 18.2 Å². The SMILES string of the molecule is CN(CCCC(=O)O)C(=O)N(C)Cc1ccccc1Cl. The Kier molecular flexibility index (Phi) is 6.31. The molecule has 0 fully saturated rings. The van der Waals surface area contributed by atoms with Crippen LogP contribution in [0.25, 0.3) is 0 Å². The highest BCUT2D eigenvalue weighted by atomic mass is 35.5. The maximum atomic E-state index is 12.1. The average molecular weight is 299 g/mol. The third-order valence-electron chi connectivity index (χ3n) is 2.90. The van der Waals surface area contributed by atoms with Crippen molar-refractivity contribution >= 4 is 23.6 Å². The number of urea groups is 1. The molecule has 0 aromatic heterocycles. The first-order valence-electron chi connectivity index (χ1n) is 6.33. The number of aliphatic carboxylic acids is 1. The molecule has 0 aliphatic heterocycles. The highest BCUT2D eigenvalue weighted by Crippen LogP contribution is 2.16. The van der Waals surface area contributed by atoms with Crippen molar-refractivity contribution in [2.45, 2.75) is 19.4 Å². The summed E-state index contributed by atoms with van der Waals surface area (Å²) in [6.07, 6.45) is 0.503.